The zero-order valence-electron chi connectivity index (χ0n) is 15.0. The van der Waals surface area contributed by atoms with Crippen LogP contribution in [0.25, 0.3) is 0 Å². The summed E-state index contributed by atoms with van der Waals surface area (Å²) in [5.41, 5.74) is -0.734. The number of ether oxygens (including phenoxy) is 1. The van der Waals surface area contributed by atoms with E-state index in [9.17, 15) is 27.2 Å². The van der Waals surface area contributed by atoms with Crippen LogP contribution in [0.2, 0.25) is 0 Å². The number of amides is 2. The van der Waals surface area contributed by atoms with Gasteiger partial charge in [0.1, 0.15) is 5.60 Å². The number of carbonyl (C=O) groups is 2. The van der Waals surface area contributed by atoms with Crippen molar-refractivity contribution in [2.24, 2.45) is 0 Å². The van der Waals surface area contributed by atoms with E-state index in [1.165, 1.54) is 0 Å². The van der Waals surface area contributed by atoms with Crippen LogP contribution in [0.4, 0.5) is 22.4 Å². The van der Waals surface area contributed by atoms with Gasteiger partial charge in [0.25, 0.3) is 0 Å². The Bertz CT molecular complexity index is 476. The monoisotopic (exact) mass is 370 g/mol. The van der Waals surface area contributed by atoms with Crippen molar-refractivity contribution in [1.29, 1.82) is 0 Å². The molecule has 1 rings (SSSR count). The molecule has 25 heavy (non-hydrogen) atoms. The Morgan fingerprint density at radius 2 is 1.68 bits per heavy atom. The number of carbonyl (C=O) groups excluding carboxylic acids is 2. The first-order valence-corrected chi connectivity index (χ1v) is 8.30. The first kappa shape index (κ1) is 21.5. The molecule has 1 N–H and O–H groups in total. The highest BCUT2D eigenvalue weighted by molar-refractivity contribution is 5.78. The number of nitrogens with zero attached hydrogens (tertiary/aromatic N) is 1. The number of hydrogen-bond donors (Lipinski definition) is 1. The van der Waals surface area contributed by atoms with E-state index in [4.69, 9.17) is 4.74 Å². The number of likely N-dealkylation sites (tertiary alicyclic amines) is 1. The number of alkyl halides is 4. The van der Waals surface area contributed by atoms with Crippen LogP contribution >= 0.6 is 0 Å². The molecule has 0 radical (unpaired) electrons. The number of halogens is 4. The predicted octanol–water partition coefficient (Wildman–Crippen LogP) is 3.57. The minimum atomic E-state index is -4.24. The van der Waals surface area contributed by atoms with Gasteiger partial charge in [-0.25, -0.2) is 4.79 Å². The molecule has 0 aromatic rings. The van der Waals surface area contributed by atoms with Gasteiger partial charge in [0.15, 0.2) is 0 Å². The topological polar surface area (TPSA) is 58.6 Å². The largest absolute Gasteiger partial charge is 0.444 e. The van der Waals surface area contributed by atoms with Gasteiger partial charge in [-0.3, -0.25) is 4.79 Å². The van der Waals surface area contributed by atoms with Gasteiger partial charge in [-0.15, -0.1) is 0 Å². The summed E-state index contributed by atoms with van der Waals surface area (Å²) in [7, 11) is 0. The van der Waals surface area contributed by atoms with Gasteiger partial charge in [0.05, 0.1) is 13.1 Å². The average molecular weight is 370 g/mol. The number of unbranched alkanes of at least 4 members (excludes halogenated alkanes) is 1. The summed E-state index contributed by atoms with van der Waals surface area (Å²) in [5.74, 6) is -9.31. The molecule has 146 valence electrons. The highest BCUT2D eigenvalue weighted by atomic mass is 19.3. The third-order valence-corrected chi connectivity index (χ3v) is 3.71. The van der Waals surface area contributed by atoms with Gasteiger partial charge in [-0.2, -0.15) is 17.6 Å². The summed E-state index contributed by atoms with van der Waals surface area (Å²) in [6.07, 6.45) is 0.826. The van der Waals surface area contributed by atoms with Crippen molar-refractivity contribution in [3.63, 3.8) is 0 Å². The molecule has 5 nitrogen and oxygen atoms in total. The molecule has 0 saturated carbocycles. The fourth-order valence-electron chi connectivity index (χ4n) is 2.43. The molecular weight excluding hydrogens is 344 g/mol. The van der Waals surface area contributed by atoms with E-state index in [1.54, 1.807) is 20.8 Å². The van der Waals surface area contributed by atoms with Gasteiger partial charge in [-0.05, 0) is 27.2 Å². The Kier molecular flexibility index (Phi) is 6.69. The lowest BCUT2D eigenvalue weighted by molar-refractivity contribution is -0.172. The zero-order chi connectivity index (χ0) is 19.5. The first-order chi connectivity index (χ1) is 11.3. The summed E-state index contributed by atoms with van der Waals surface area (Å²) in [4.78, 5) is 24.4. The number of alkyl carbamates (subject to hydrolysis) is 1. The van der Waals surface area contributed by atoms with Gasteiger partial charge in [0, 0.05) is 12.5 Å². The van der Waals surface area contributed by atoms with E-state index in [-0.39, 0.29) is 6.42 Å². The Hall–Kier alpha value is -1.54. The Balaban J connectivity index is 2.69. The van der Waals surface area contributed by atoms with E-state index < -0.39 is 48.6 Å². The van der Waals surface area contributed by atoms with Crippen LogP contribution in [-0.4, -0.2) is 53.5 Å². The Morgan fingerprint density at radius 3 is 2.12 bits per heavy atom. The van der Waals surface area contributed by atoms with Crippen LogP contribution in [0.3, 0.4) is 0 Å². The second-order valence-corrected chi connectivity index (χ2v) is 7.35. The van der Waals surface area contributed by atoms with Gasteiger partial charge < -0.3 is 15.0 Å². The number of nitrogens with one attached hydrogen (secondary N) is 1. The summed E-state index contributed by atoms with van der Waals surface area (Å²) in [6.45, 7) is 4.30. The molecule has 1 heterocycles. The van der Waals surface area contributed by atoms with Crippen LogP contribution in [0.1, 0.15) is 53.4 Å². The van der Waals surface area contributed by atoms with Gasteiger partial charge >= 0.3 is 17.9 Å². The summed E-state index contributed by atoms with van der Waals surface area (Å²) < 4.78 is 58.0. The van der Waals surface area contributed by atoms with Crippen LogP contribution in [0, 0.1) is 0 Å². The van der Waals surface area contributed by atoms with Crippen molar-refractivity contribution in [1.82, 2.24) is 10.2 Å². The van der Waals surface area contributed by atoms with Gasteiger partial charge in [-0.1, -0.05) is 19.8 Å². The van der Waals surface area contributed by atoms with E-state index in [1.807, 2.05) is 6.92 Å². The van der Waals surface area contributed by atoms with Crippen molar-refractivity contribution >= 4 is 12.0 Å². The Labute approximate surface area is 145 Å². The fraction of sp³-hybridized carbons (Fsp3) is 0.875. The lowest BCUT2D eigenvalue weighted by atomic mass is 10.1. The number of rotatable bonds is 6. The molecule has 1 unspecified atom stereocenters. The van der Waals surface area contributed by atoms with Crippen LogP contribution in [0.5, 0.6) is 0 Å². The zero-order valence-corrected chi connectivity index (χ0v) is 15.0. The molecule has 1 aliphatic heterocycles. The molecular formula is C16H26F4N2O3. The van der Waals surface area contributed by atoms with Crippen LogP contribution in [-0.2, 0) is 9.53 Å². The molecule has 1 fully saturated rings. The highest BCUT2D eigenvalue weighted by Crippen LogP contribution is 2.41. The third-order valence-electron chi connectivity index (χ3n) is 3.71. The lowest BCUT2D eigenvalue weighted by Crippen LogP contribution is -2.42. The maximum Gasteiger partial charge on any atom is 0.407 e. The molecule has 0 aliphatic carbocycles. The van der Waals surface area contributed by atoms with Crippen LogP contribution in [0.15, 0.2) is 0 Å². The Morgan fingerprint density at radius 1 is 1.16 bits per heavy atom. The lowest BCUT2D eigenvalue weighted by Gasteiger charge is -2.24. The molecule has 0 aromatic heterocycles. The molecule has 1 atom stereocenters. The minimum absolute atomic E-state index is 0.328. The molecule has 1 saturated heterocycles. The average Bonchev–Trinajstić information content (AvgIpc) is 2.62. The van der Waals surface area contributed by atoms with E-state index in [2.05, 4.69) is 5.32 Å². The highest BCUT2D eigenvalue weighted by Gasteiger charge is 2.63. The third kappa shape index (κ3) is 6.36. The molecule has 0 bridgehead atoms. The minimum Gasteiger partial charge on any atom is -0.444 e. The molecule has 0 spiro atoms. The van der Waals surface area contributed by atoms with Crippen molar-refractivity contribution in [3.05, 3.63) is 0 Å². The van der Waals surface area contributed by atoms with E-state index in [0.29, 0.717) is 17.7 Å². The second-order valence-electron chi connectivity index (χ2n) is 7.35. The van der Waals surface area contributed by atoms with Crippen molar-refractivity contribution in [2.45, 2.75) is 76.9 Å². The summed E-state index contributed by atoms with van der Waals surface area (Å²) >= 11 is 0. The first-order valence-electron chi connectivity index (χ1n) is 8.30. The fourth-order valence-corrected chi connectivity index (χ4v) is 2.43. The molecule has 9 heteroatoms. The predicted molar refractivity (Wildman–Crippen MR) is 83.8 cm³/mol. The summed E-state index contributed by atoms with van der Waals surface area (Å²) in [5, 5.41) is 2.52. The SMILES string of the molecule is CCCCC(CC(=O)N1CC(F)(F)C(F)(F)C1)NC(=O)OC(C)(C)C. The van der Waals surface area contributed by atoms with Crippen LogP contribution < -0.4 is 5.32 Å². The molecule has 1 aliphatic rings. The second kappa shape index (κ2) is 7.78. The van der Waals surface area contributed by atoms with Gasteiger partial charge in [0.2, 0.25) is 5.91 Å². The van der Waals surface area contributed by atoms with E-state index >= 15 is 0 Å². The quantitative estimate of drug-likeness (QED) is 0.727. The van der Waals surface area contributed by atoms with Crippen molar-refractivity contribution in [2.75, 3.05) is 13.1 Å². The molecule has 2 amide bonds. The number of hydrogen-bond acceptors (Lipinski definition) is 3. The maximum absolute atomic E-state index is 13.2. The van der Waals surface area contributed by atoms with E-state index in [0.717, 1.165) is 6.42 Å². The summed E-state index contributed by atoms with van der Waals surface area (Å²) in [6, 6.07) is -0.662. The molecule has 0 aromatic carbocycles. The van der Waals surface area contributed by atoms with Crippen molar-refractivity contribution < 1.29 is 31.9 Å². The maximum atomic E-state index is 13.2. The van der Waals surface area contributed by atoms with Crippen molar-refractivity contribution in [3.8, 4) is 0 Å². The normalized spacial score (nSPS) is 20.2. The standard InChI is InChI=1S/C16H26F4N2O3/c1-5-6-7-11(21-13(24)25-14(2,3)4)8-12(23)22-9-15(17,18)16(19,20)10-22/h11H,5-10H2,1-4H3,(H,21,24). The smallest absolute Gasteiger partial charge is 0.407 e.